The molecule has 0 saturated heterocycles. The Labute approximate surface area is 190 Å². The maximum absolute atomic E-state index is 16.2. The highest BCUT2D eigenvalue weighted by molar-refractivity contribution is 5.96. The Hall–Kier alpha value is -3.23. The second-order valence-electron chi connectivity index (χ2n) is 9.29. The summed E-state index contributed by atoms with van der Waals surface area (Å²) in [5.41, 5.74) is 2.29. The first-order valence-corrected chi connectivity index (χ1v) is 10.9. The molecule has 0 amide bonds. The lowest BCUT2D eigenvalue weighted by Gasteiger charge is -2.44. The van der Waals surface area contributed by atoms with Gasteiger partial charge in [0.05, 0.1) is 34.5 Å². The van der Waals surface area contributed by atoms with Crippen molar-refractivity contribution in [2.75, 3.05) is 5.32 Å². The van der Waals surface area contributed by atoms with Gasteiger partial charge in [-0.05, 0) is 39.3 Å². The van der Waals surface area contributed by atoms with Crippen molar-refractivity contribution in [3.05, 3.63) is 70.7 Å². The summed E-state index contributed by atoms with van der Waals surface area (Å²) in [6, 6.07) is 7.69. The van der Waals surface area contributed by atoms with Crippen LogP contribution in [0, 0.1) is 25.5 Å². The minimum absolute atomic E-state index is 0.126. The van der Waals surface area contributed by atoms with E-state index in [1.165, 1.54) is 6.07 Å². The van der Waals surface area contributed by atoms with Crippen molar-refractivity contribution in [3.63, 3.8) is 0 Å². The van der Waals surface area contributed by atoms with E-state index in [9.17, 15) is 5.11 Å². The topological polar surface area (TPSA) is 86.1 Å². The third kappa shape index (κ3) is 3.50. The fourth-order valence-corrected chi connectivity index (χ4v) is 4.72. The fourth-order valence-electron chi connectivity index (χ4n) is 4.72. The summed E-state index contributed by atoms with van der Waals surface area (Å²) in [4.78, 5) is 3.14. The summed E-state index contributed by atoms with van der Waals surface area (Å²) in [6.07, 6.45) is 0.829. The summed E-state index contributed by atoms with van der Waals surface area (Å²) in [5, 5.41) is 22.3. The summed E-state index contributed by atoms with van der Waals surface area (Å²) in [5.74, 6) is -0.722. The van der Waals surface area contributed by atoms with E-state index in [1.807, 2.05) is 19.2 Å². The maximum atomic E-state index is 16.2. The lowest BCUT2D eigenvalue weighted by atomic mass is 9.81. The van der Waals surface area contributed by atoms with Gasteiger partial charge < -0.3 is 25.2 Å². The number of aliphatic hydroxyl groups is 1. The van der Waals surface area contributed by atoms with Crippen LogP contribution < -0.4 is 10.6 Å². The van der Waals surface area contributed by atoms with E-state index in [1.54, 1.807) is 39.0 Å². The average Bonchev–Trinajstić information content (AvgIpc) is 3.34. The van der Waals surface area contributed by atoms with Crippen LogP contribution in [0.1, 0.15) is 42.5 Å². The monoisotopic (exact) mass is 452 g/mol. The third-order valence-electron chi connectivity index (χ3n) is 6.45. The van der Waals surface area contributed by atoms with Crippen LogP contribution in [0.3, 0.4) is 0 Å². The number of benzene rings is 2. The third-order valence-corrected chi connectivity index (χ3v) is 6.45. The zero-order valence-electron chi connectivity index (χ0n) is 18.9. The number of para-hydroxylation sites is 1. The molecule has 3 heterocycles. The van der Waals surface area contributed by atoms with Crippen LogP contribution in [0.5, 0.6) is 0 Å². The molecule has 5 rings (SSSR count). The number of H-pyrrole nitrogens is 1. The number of rotatable bonds is 4. The molecular weight excluding hydrogens is 426 g/mol. The number of aryl methyl sites for hydroxylation is 2. The Kier molecular flexibility index (Phi) is 5.02. The predicted molar refractivity (Wildman–Crippen MR) is 123 cm³/mol. The van der Waals surface area contributed by atoms with Crippen molar-refractivity contribution in [1.82, 2.24) is 15.5 Å². The molecule has 33 heavy (non-hydrogen) atoms. The van der Waals surface area contributed by atoms with Gasteiger partial charge in [-0.2, -0.15) is 0 Å². The molecule has 0 aliphatic carbocycles. The molecule has 4 aromatic rings. The number of hydrogen-bond donors (Lipinski definition) is 4. The van der Waals surface area contributed by atoms with Crippen LogP contribution in [-0.2, 0) is 6.54 Å². The van der Waals surface area contributed by atoms with Crippen molar-refractivity contribution in [3.8, 4) is 11.1 Å². The number of halogens is 2. The Morgan fingerprint density at radius 3 is 2.73 bits per heavy atom. The van der Waals surface area contributed by atoms with E-state index in [0.717, 1.165) is 10.9 Å². The molecule has 0 bridgehead atoms. The van der Waals surface area contributed by atoms with Gasteiger partial charge >= 0.3 is 0 Å². The van der Waals surface area contributed by atoms with E-state index >= 15 is 8.78 Å². The minimum Gasteiger partial charge on any atom is -0.389 e. The van der Waals surface area contributed by atoms with Crippen molar-refractivity contribution < 1.29 is 18.4 Å². The highest BCUT2D eigenvalue weighted by Gasteiger charge is 2.43. The zero-order chi connectivity index (χ0) is 23.5. The molecule has 0 radical (unpaired) electrons. The number of fused-ring (bicyclic) bond motifs is 2. The predicted octanol–water partition coefficient (Wildman–Crippen LogP) is 5.11. The molecule has 4 N–H and O–H groups in total. The standard InChI is InChI=1S/C25H26F2N4O2/c1-12-10-28-22-15(12)6-5-7-16(22)19-17(26)9-18-20(21(19)27)23(24(32)25(3,4)30-18)29-11-14-8-13(2)33-31-14/h5-10,23-24,28-30,32H,11H2,1-4H3/t23-,24+/m1/s1. The molecule has 8 heteroatoms. The summed E-state index contributed by atoms with van der Waals surface area (Å²) in [6.45, 7) is 7.57. The number of aromatic amines is 1. The Morgan fingerprint density at radius 2 is 2.00 bits per heavy atom. The summed E-state index contributed by atoms with van der Waals surface area (Å²) in [7, 11) is 0. The maximum Gasteiger partial charge on any atom is 0.140 e. The van der Waals surface area contributed by atoms with E-state index in [0.29, 0.717) is 28.2 Å². The summed E-state index contributed by atoms with van der Waals surface area (Å²) >= 11 is 0. The fraction of sp³-hybridized carbons (Fsp3) is 0.320. The van der Waals surface area contributed by atoms with Crippen molar-refractivity contribution in [1.29, 1.82) is 0 Å². The molecule has 0 fully saturated rings. The first kappa shape index (κ1) is 21.6. The highest BCUT2D eigenvalue weighted by atomic mass is 19.1. The lowest BCUT2D eigenvalue weighted by molar-refractivity contribution is 0.0660. The molecule has 1 aliphatic heterocycles. The highest BCUT2D eigenvalue weighted by Crippen LogP contribution is 2.44. The first-order chi connectivity index (χ1) is 15.7. The van der Waals surface area contributed by atoms with Gasteiger partial charge in [-0.3, -0.25) is 0 Å². The number of aromatic nitrogens is 2. The quantitative estimate of drug-likeness (QED) is 0.346. The molecule has 6 nitrogen and oxygen atoms in total. The smallest absolute Gasteiger partial charge is 0.140 e. The molecule has 0 saturated carbocycles. The molecule has 2 aromatic heterocycles. The molecule has 0 spiro atoms. The van der Waals surface area contributed by atoms with Gasteiger partial charge in [-0.1, -0.05) is 23.4 Å². The molecular formula is C25H26F2N4O2. The van der Waals surface area contributed by atoms with Crippen molar-refractivity contribution >= 4 is 16.6 Å². The van der Waals surface area contributed by atoms with Crippen LogP contribution in [0.25, 0.3) is 22.0 Å². The van der Waals surface area contributed by atoms with Gasteiger partial charge in [0.25, 0.3) is 0 Å². The number of anilines is 1. The van der Waals surface area contributed by atoms with E-state index in [-0.39, 0.29) is 17.7 Å². The van der Waals surface area contributed by atoms with Gasteiger partial charge in [0.2, 0.25) is 0 Å². The Bertz CT molecular complexity index is 1360. The number of nitrogens with zero attached hydrogens (tertiary/aromatic N) is 1. The second kappa shape index (κ2) is 7.67. The Balaban J connectivity index is 1.66. The van der Waals surface area contributed by atoms with Crippen LogP contribution in [-0.4, -0.2) is 26.9 Å². The largest absolute Gasteiger partial charge is 0.389 e. The Morgan fingerprint density at radius 1 is 1.21 bits per heavy atom. The van der Waals surface area contributed by atoms with Crippen LogP contribution in [0.15, 0.2) is 41.1 Å². The van der Waals surface area contributed by atoms with E-state index in [2.05, 4.69) is 20.8 Å². The SMILES string of the molecule is Cc1cc(CN[C@@H]2c3c(cc(F)c(-c4cccc5c(C)c[nH]c45)c3F)NC(C)(C)[C@H]2O)no1. The molecule has 0 unspecified atom stereocenters. The average molecular weight is 453 g/mol. The molecule has 2 atom stereocenters. The van der Waals surface area contributed by atoms with Gasteiger partial charge in [-0.25, -0.2) is 8.78 Å². The first-order valence-electron chi connectivity index (χ1n) is 10.9. The number of aliphatic hydroxyl groups excluding tert-OH is 1. The van der Waals surface area contributed by atoms with Crippen molar-refractivity contribution in [2.24, 2.45) is 0 Å². The zero-order valence-corrected chi connectivity index (χ0v) is 18.9. The van der Waals surface area contributed by atoms with Gasteiger partial charge in [0.15, 0.2) is 0 Å². The second-order valence-corrected chi connectivity index (χ2v) is 9.29. The van der Waals surface area contributed by atoms with Crippen LogP contribution in [0.2, 0.25) is 0 Å². The van der Waals surface area contributed by atoms with Crippen LogP contribution in [0.4, 0.5) is 14.5 Å². The van der Waals surface area contributed by atoms with Gasteiger partial charge in [0, 0.05) is 41.0 Å². The number of hydrogen-bond acceptors (Lipinski definition) is 5. The number of nitrogens with one attached hydrogen (secondary N) is 3. The van der Waals surface area contributed by atoms with E-state index < -0.39 is 29.3 Å². The van der Waals surface area contributed by atoms with E-state index in [4.69, 9.17) is 4.52 Å². The van der Waals surface area contributed by atoms with Gasteiger partial charge in [0.1, 0.15) is 17.4 Å². The molecule has 172 valence electrons. The molecule has 2 aromatic carbocycles. The molecule has 1 aliphatic rings. The lowest BCUT2D eigenvalue weighted by Crippen LogP contribution is -2.54. The summed E-state index contributed by atoms with van der Waals surface area (Å²) < 4.78 is 36.7. The van der Waals surface area contributed by atoms with Gasteiger partial charge in [-0.15, -0.1) is 0 Å². The van der Waals surface area contributed by atoms with Crippen LogP contribution >= 0.6 is 0 Å². The normalized spacial score (nSPS) is 19.5. The van der Waals surface area contributed by atoms with Crippen molar-refractivity contribution in [2.45, 2.75) is 51.9 Å². The minimum atomic E-state index is -0.991.